The van der Waals surface area contributed by atoms with Gasteiger partial charge in [-0.1, -0.05) is 45.2 Å². The molecule has 1 N–H and O–H groups in total. The summed E-state index contributed by atoms with van der Waals surface area (Å²) < 4.78 is 5.32. The Balaban J connectivity index is 1.76. The van der Waals surface area contributed by atoms with Gasteiger partial charge in [0.1, 0.15) is 23.1 Å². The Bertz CT molecular complexity index is 668. The highest BCUT2D eigenvalue weighted by atomic mass is 16.5. The second-order valence-electron chi connectivity index (χ2n) is 8.71. The third kappa shape index (κ3) is 3.79. The van der Waals surface area contributed by atoms with Crippen molar-refractivity contribution in [2.24, 2.45) is 0 Å². The number of hydrogen-bond acceptors (Lipinski definition) is 4. The van der Waals surface area contributed by atoms with Crippen molar-refractivity contribution in [3.63, 3.8) is 0 Å². The lowest BCUT2D eigenvalue weighted by Gasteiger charge is -2.28. The summed E-state index contributed by atoms with van der Waals surface area (Å²) >= 11 is 0. The van der Waals surface area contributed by atoms with Crippen molar-refractivity contribution in [1.29, 1.82) is 0 Å². The number of amides is 2. The summed E-state index contributed by atoms with van der Waals surface area (Å²) in [7, 11) is 0. The summed E-state index contributed by atoms with van der Waals surface area (Å²) in [6.07, 6.45) is 7.27. The Morgan fingerprint density at radius 1 is 1.12 bits per heavy atom. The van der Waals surface area contributed by atoms with Crippen molar-refractivity contribution >= 4 is 11.8 Å². The molecule has 0 bridgehead atoms. The van der Waals surface area contributed by atoms with Crippen LogP contribution in [0.5, 0.6) is 0 Å². The number of hydrogen-bond donors (Lipinski definition) is 1. The summed E-state index contributed by atoms with van der Waals surface area (Å²) in [6.45, 7) is 8.41. The molecule has 0 radical (unpaired) electrons. The molecule has 2 fully saturated rings. The third-order valence-corrected chi connectivity index (χ3v) is 5.55. The van der Waals surface area contributed by atoms with Crippen molar-refractivity contribution in [1.82, 2.24) is 15.4 Å². The number of carbonyl (C=O) groups excluding carboxylic acids is 2. The van der Waals surface area contributed by atoms with E-state index in [1.807, 2.05) is 20.8 Å². The van der Waals surface area contributed by atoms with Crippen LogP contribution in [0.1, 0.15) is 87.5 Å². The molecule has 26 heavy (non-hydrogen) atoms. The Morgan fingerprint density at radius 2 is 1.81 bits per heavy atom. The monoisotopic (exact) mass is 361 g/mol. The first-order valence-electron chi connectivity index (χ1n) is 9.87. The van der Waals surface area contributed by atoms with Gasteiger partial charge in [0.05, 0.1) is 0 Å². The second-order valence-corrected chi connectivity index (χ2v) is 8.71. The second kappa shape index (κ2) is 7.41. The van der Waals surface area contributed by atoms with Gasteiger partial charge in [-0.05, 0) is 32.6 Å². The van der Waals surface area contributed by atoms with Gasteiger partial charge in [0, 0.05) is 18.0 Å². The van der Waals surface area contributed by atoms with Crippen LogP contribution in [0, 0.1) is 6.92 Å². The smallest absolute Gasteiger partial charge is 0.260 e. The third-order valence-electron chi connectivity index (χ3n) is 5.55. The molecular weight excluding hydrogens is 330 g/mol. The summed E-state index contributed by atoms with van der Waals surface area (Å²) in [5.41, 5.74) is 0.899. The van der Waals surface area contributed by atoms with E-state index in [0.717, 1.165) is 25.7 Å². The minimum Gasteiger partial charge on any atom is -0.361 e. The average molecular weight is 361 g/mol. The molecule has 2 heterocycles. The Morgan fingerprint density at radius 3 is 2.46 bits per heavy atom. The van der Waals surface area contributed by atoms with E-state index in [1.54, 1.807) is 11.8 Å². The number of aromatic nitrogens is 1. The van der Waals surface area contributed by atoms with Crippen LogP contribution in [-0.2, 0) is 10.2 Å². The molecule has 0 aromatic carbocycles. The highest BCUT2D eigenvalue weighted by Gasteiger charge is 2.39. The van der Waals surface area contributed by atoms with E-state index in [1.165, 1.54) is 19.3 Å². The molecule has 1 aliphatic heterocycles. The van der Waals surface area contributed by atoms with Gasteiger partial charge in [0.15, 0.2) is 0 Å². The zero-order valence-corrected chi connectivity index (χ0v) is 16.4. The molecule has 6 nitrogen and oxygen atoms in total. The molecule has 1 aromatic heterocycles. The van der Waals surface area contributed by atoms with Crippen LogP contribution in [0.2, 0.25) is 0 Å². The molecule has 6 heteroatoms. The predicted octanol–water partition coefficient (Wildman–Crippen LogP) is 3.33. The van der Waals surface area contributed by atoms with Crippen LogP contribution >= 0.6 is 0 Å². The van der Waals surface area contributed by atoms with Crippen LogP contribution in [0.15, 0.2) is 4.52 Å². The molecule has 0 spiro atoms. The fourth-order valence-corrected chi connectivity index (χ4v) is 4.11. The fraction of sp³-hybridized carbons (Fsp3) is 0.750. The lowest BCUT2D eigenvalue weighted by Crippen LogP contribution is -2.49. The Kier molecular flexibility index (Phi) is 5.39. The number of rotatable bonds is 3. The molecule has 1 aromatic rings. The van der Waals surface area contributed by atoms with Crippen molar-refractivity contribution in [2.45, 2.75) is 90.1 Å². The van der Waals surface area contributed by atoms with Gasteiger partial charge in [-0.25, -0.2) is 0 Å². The van der Waals surface area contributed by atoms with Crippen molar-refractivity contribution in [3.05, 3.63) is 17.0 Å². The minimum atomic E-state index is -0.383. The average Bonchev–Trinajstić information content (AvgIpc) is 3.21. The van der Waals surface area contributed by atoms with Gasteiger partial charge >= 0.3 is 0 Å². The number of nitrogens with one attached hydrogen (secondary N) is 1. The number of likely N-dealkylation sites (tertiary alicyclic amines) is 1. The maximum atomic E-state index is 13.2. The van der Waals surface area contributed by atoms with E-state index in [0.29, 0.717) is 23.6 Å². The van der Waals surface area contributed by atoms with E-state index in [9.17, 15) is 9.59 Å². The summed E-state index contributed by atoms with van der Waals surface area (Å²) in [6, 6.07) is -0.122. The van der Waals surface area contributed by atoms with Crippen LogP contribution in [0.3, 0.4) is 0 Å². The van der Waals surface area contributed by atoms with Gasteiger partial charge < -0.3 is 14.7 Å². The van der Waals surface area contributed by atoms with Crippen molar-refractivity contribution in [3.8, 4) is 0 Å². The summed E-state index contributed by atoms with van der Waals surface area (Å²) in [4.78, 5) is 27.8. The first-order chi connectivity index (χ1) is 12.3. The number of nitrogens with zero attached hydrogens (tertiary/aromatic N) is 2. The molecule has 144 valence electrons. The van der Waals surface area contributed by atoms with E-state index in [4.69, 9.17) is 4.52 Å². The Hall–Kier alpha value is -1.85. The standard InChI is InChI=1S/C20H31N3O3/c1-13-16(17(22-26-13)20(2,3)4)19(25)23-12-8-11-15(23)18(24)21-14-9-6-5-7-10-14/h14-15H,5-12H2,1-4H3,(H,21,24). The van der Waals surface area contributed by atoms with Crippen molar-refractivity contribution in [2.75, 3.05) is 6.54 Å². The zero-order valence-electron chi connectivity index (χ0n) is 16.4. The van der Waals surface area contributed by atoms with Gasteiger partial charge in [-0.15, -0.1) is 0 Å². The largest absolute Gasteiger partial charge is 0.361 e. The SMILES string of the molecule is Cc1onc(C(C)(C)C)c1C(=O)N1CCCC1C(=O)NC1CCCCC1. The van der Waals surface area contributed by atoms with Gasteiger partial charge in [0.25, 0.3) is 5.91 Å². The van der Waals surface area contributed by atoms with Gasteiger partial charge in [-0.2, -0.15) is 0 Å². The van der Waals surface area contributed by atoms with Crippen LogP contribution < -0.4 is 5.32 Å². The molecule has 2 aliphatic rings. The minimum absolute atomic E-state index is 0.00540. The fourth-order valence-electron chi connectivity index (χ4n) is 4.11. The van der Waals surface area contributed by atoms with Gasteiger partial charge in [0.2, 0.25) is 5.91 Å². The topological polar surface area (TPSA) is 75.4 Å². The zero-order chi connectivity index (χ0) is 18.9. The molecule has 1 saturated carbocycles. The summed E-state index contributed by atoms with van der Waals surface area (Å²) in [5, 5.41) is 7.30. The van der Waals surface area contributed by atoms with Crippen LogP contribution in [0.4, 0.5) is 0 Å². The first-order valence-corrected chi connectivity index (χ1v) is 9.87. The molecule has 2 amide bonds. The molecule has 1 atom stereocenters. The van der Waals surface area contributed by atoms with Crippen LogP contribution in [0.25, 0.3) is 0 Å². The Labute approximate surface area is 155 Å². The van der Waals surface area contributed by atoms with E-state index >= 15 is 0 Å². The highest BCUT2D eigenvalue weighted by Crippen LogP contribution is 2.30. The predicted molar refractivity (Wildman–Crippen MR) is 99.0 cm³/mol. The lowest BCUT2D eigenvalue weighted by molar-refractivity contribution is -0.125. The van der Waals surface area contributed by atoms with Crippen molar-refractivity contribution < 1.29 is 14.1 Å². The maximum Gasteiger partial charge on any atom is 0.260 e. The van der Waals surface area contributed by atoms with E-state index in [2.05, 4.69) is 10.5 Å². The van der Waals surface area contributed by atoms with E-state index < -0.39 is 0 Å². The molecule has 3 rings (SSSR count). The molecular formula is C20H31N3O3. The molecule has 1 unspecified atom stereocenters. The number of aryl methyl sites for hydroxylation is 1. The number of carbonyl (C=O) groups is 2. The highest BCUT2D eigenvalue weighted by molar-refractivity contribution is 5.99. The first kappa shape index (κ1) is 18.9. The molecule has 1 saturated heterocycles. The quantitative estimate of drug-likeness (QED) is 0.896. The van der Waals surface area contributed by atoms with E-state index in [-0.39, 0.29) is 29.3 Å². The van der Waals surface area contributed by atoms with Gasteiger partial charge in [-0.3, -0.25) is 9.59 Å². The lowest BCUT2D eigenvalue weighted by atomic mass is 9.88. The van der Waals surface area contributed by atoms with Crippen LogP contribution in [-0.4, -0.2) is 40.5 Å². The molecule has 1 aliphatic carbocycles. The maximum absolute atomic E-state index is 13.2. The normalized spacial score (nSPS) is 21.8. The summed E-state index contributed by atoms with van der Waals surface area (Å²) in [5.74, 6) is 0.391.